The first-order chi connectivity index (χ1) is 8.97. The minimum atomic E-state index is -0.329. The van der Waals surface area contributed by atoms with Crippen LogP contribution >= 0.6 is 15.9 Å². The molecule has 19 heavy (non-hydrogen) atoms. The van der Waals surface area contributed by atoms with Gasteiger partial charge < -0.3 is 9.84 Å². The van der Waals surface area contributed by atoms with Gasteiger partial charge in [-0.2, -0.15) is 0 Å². The molecule has 0 bridgehead atoms. The topological polar surface area (TPSA) is 68.0 Å². The zero-order chi connectivity index (χ0) is 14.0. The third-order valence-electron chi connectivity index (χ3n) is 2.59. The molecule has 0 atom stereocenters. The molecule has 2 heterocycles. The van der Waals surface area contributed by atoms with Crippen LogP contribution in [0.5, 0.6) is 0 Å². The first-order valence-electron chi connectivity index (χ1n) is 5.88. The van der Waals surface area contributed by atoms with Gasteiger partial charge in [0.1, 0.15) is 11.6 Å². The fraction of sp³-hybridized carbons (Fsp3) is 0.308. The second-order valence-electron chi connectivity index (χ2n) is 4.49. The summed E-state index contributed by atoms with van der Waals surface area (Å²) in [7, 11) is 0. The van der Waals surface area contributed by atoms with Crippen LogP contribution in [0.1, 0.15) is 41.7 Å². The van der Waals surface area contributed by atoms with Gasteiger partial charge in [0, 0.05) is 16.5 Å². The Hall–Kier alpha value is -1.69. The van der Waals surface area contributed by atoms with E-state index >= 15 is 0 Å². The lowest BCUT2D eigenvalue weighted by atomic mass is 10.1. The van der Waals surface area contributed by atoms with E-state index in [0.29, 0.717) is 11.6 Å². The maximum absolute atomic E-state index is 12.0. The second-order valence-corrected chi connectivity index (χ2v) is 5.34. The van der Waals surface area contributed by atoms with Gasteiger partial charge in [0.05, 0.1) is 5.69 Å². The van der Waals surface area contributed by atoms with E-state index < -0.39 is 0 Å². The average Bonchev–Trinajstić information content (AvgIpc) is 2.83. The summed E-state index contributed by atoms with van der Waals surface area (Å²) in [5, 5.41) is 6.43. The fourth-order valence-corrected chi connectivity index (χ4v) is 1.68. The van der Waals surface area contributed by atoms with E-state index in [1.54, 1.807) is 12.1 Å². The minimum absolute atomic E-state index is 0.196. The van der Waals surface area contributed by atoms with Gasteiger partial charge in [0.15, 0.2) is 5.69 Å². The van der Waals surface area contributed by atoms with Gasteiger partial charge in [-0.1, -0.05) is 19.0 Å². The molecule has 5 nitrogen and oxygen atoms in total. The van der Waals surface area contributed by atoms with Crippen molar-refractivity contribution < 1.29 is 9.32 Å². The number of hydrogen-bond donors (Lipinski definition) is 1. The summed E-state index contributed by atoms with van der Waals surface area (Å²) in [5.41, 5.74) is 1.06. The van der Waals surface area contributed by atoms with Crippen molar-refractivity contribution in [1.82, 2.24) is 10.1 Å². The van der Waals surface area contributed by atoms with Crippen molar-refractivity contribution in [2.45, 2.75) is 26.7 Å². The molecule has 2 aromatic heterocycles. The zero-order valence-corrected chi connectivity index (χ0v) is 12.5. The van der Waals surface area contributed by atoms with Crippen molar-refractivity contribution in [3.63, 3.8) is 0 Å². The van der Waals surface area contributed by atoms with Crippen molar-refractivity contribution >= 4 is 27.7 Å². The van der Waals surface area contributed by atoms with Crippen molar-refractivity contribution in [3.05, 3.63) is 39.8 Å². The summed E-state index contributed by atoms with van der Waals surface area (Å²) in [5.74, 6) is 1.04. The maximum Gasteiger partial charge on any atom is 0.279 e. The molecular weight excluding hydrogens is 310 g/mol. The summed E-state index contributed by atoms with van der Waals surface area (Å²) in [6, 6.07) is 5.20. The molecule has 2 rings (SSSR count). The van der Waals surface area contributed by atoms with Crippen LogP contribution in [0.25, 0.3) is 0 Å². The lowest BCUT2D eigenvalue weighted by Gasteiger charge is -2.03. The number of halogens is 1. The fourth-order valence-electron chi connectivity index (χ4n) is 1.46. The first kappa shape index (κ1) is 13.7. The van der Waals surface area contributed by atoms with Crippen molar-refractivity contribution in [1.29, 1.82) is 0 Å². The monoisotopic (exact) mass is 323 g/mol. The number of nitrogens with zero attached hydrogens (tertiary/aromatic N) is 2. The van der Waals surface area contributed by atoms with Crippen molar-refractivity contribution in [3.8, 4) is 0 Å². The molecule has 0 saturated carbocycles. The molecule has 1 amide bonds. The molecule has 6 heteroatoms. The Labute approximate surface area is 119 Å². The number of amides is 1. The van der Waals surface area contributed by atoms with Crippen LogP contribution in [0.15, 0.2) is 27.2 Å². The zero-order valence-electron chi connectivity index (χ0n) is 10.9. The number of aromatic nitrogens is 2. The highest BCUT2D eigenvalue weighted by molar-refractivity contribution is 9.10. The van der Waals surface area contributed by atoms with Crippen molar-refractivity contribution in [2.24, 2.45) is 0 Å². The summed E-state index contributed by atoms with van der Waals surface area (Å²) in [6.07, 6.45) is 0. The molecule has 0 aliphatic rings. The molecule has 100 valence electrons. The largest absolute Gasteiger partial charge is 0.360 e. The smallest absolute Gasteiger partial charge is 0.279 e. The molecular formula is C13H14BrN3O2. The minimum Gasteiger partial charge on any atom is -0.360 e. The number of carbonyl (C=O) groups is 1. The van der Waals surface area contributed by atoms with Gasteiger partial charge in [0.25, 0.3) is 5.91 Å². The predicted octanol–water partition coefficient (Wildman–Crippen LogP) is 3.52. The van der Waals surface area contributed by atoms with Gasteiger partial charge in [-0.15, -0.1) is 0 Å². The molecule has 0 radical (unpaired) electrons. The normalized spacial score (nSPS) is 10.8. The van der Waals surface area contributed by atoms with Crippen LogP contribution in [-0.2, 0) is 0 Å². The van der Waals surface area contributed by atoms with Gasteiger partial charge >= 0.3 is 0 Å². The highest BCUT2D eigenvalue weighted by Crippen LogP contribution is 2.18. The summed E-state index contributed by atoms with van der Waals surface area (Å²) >= 11 is 3.36. The number of aryl methyl sites for hydroxylation is 1. The van der Waals surface area contributed by atoms with E-state index in [1.165, 1.54) is 0 Å². The van der Waals surface area contributed by atoms with E-state index in [1.807, 2.05) is 26.8 Å². The van der Waals surface area contributed by atoms with Crippen LogP contribution in [-0.4, -0.2) is 16.0 Å². The highest BCUT2D eigenvalue weighted by atomic mass is 79.9. The van der Waals surface area contributed by atoms with Crippen LogP contribution in [0.4, 0.5) is 5.82 Å². The number of rotatable bonds is 3. The van der Waals surface area contributed by atoms with Crippen LogP contribution in [0.3, 0.4) is 0 Å². The molecule has 0 spiro atoms. The van der Waals surface area contributed by atoms with Crippen LogP contribution in [0.2, 0.25) is 0 Å². The summed E-state index contributed by atoms with van der Waals surface area (Å²) < 4.78 is 5.99. The molecule has 0 aromatic carbocycles. The SMILES string of the molecule is Cc1nc(NC(=O)c2cc(C(C)C)on2)ccc1Br. The number of carbonyl (C=O) groups excluding carboxylic acids is 1. The van der Waals surface area contributed by atoms with Crippen LogP contribution < -0.4 is 5.32 Å². The third-order valence-corrected chi connectivity index (χ3v) is 3.43. The van der Waals surface area contributed by atoms with Gasteiger partial charge in [0.2, 0.25) is 0 Å². The Morgan fingerprint density at radius 1 is 1.42 bits per heavy atom. The van der Waals surface area contributed by atoms with E-state index in [9.17, 15) is 4.79 Å². The quantitative estimate of drug-likeness (QED) is 0.938. The number of pyridine rings is 1. The molecule has 0 saturated heterocycles. The van der Waals surface area contributed by atoms with E-state index in [-0.39, 0.29) is 17.5 Å². The predicted molar refractivity (Wildman–Crippen MR) is 75.2 cm³/mol. The molecule has 0 aliphatic heterocycles. The Bertz CT molecular complexity index is 608. The van der Waals surface area contributed by atoms with E-state index in [2.05, 4.69) is 31.4 Å². The lowest BCUT2D eigenvalue weighted by Crippen LogP contribution is -2.13. The standard InChI is InChI=1S/C13H14BrN3O2/c1-7(2)11-6-10(17-19-11)13(18)16-12-5-4-9(14)8(3)15-12/h4-7H,1-3H3,(H,15,16,18). The maximum atomic E-state index is 12.0. The summed E-state index contributed by atoms with van der Waals surface area (Å²) in [6.45, 7) is 5.80. The molecule has 0 fully saturated rings. The Morgan fingerprint density at radius 2 is 2.16 bits per heavy atom. The van der Waals surface area contributed by atoms with Crippen LogP contribution in [0, 0.1) is 6.92 Å². The third kappa shape index (κ3) is 3.20. The molecule has 0 aliphatic carbocycles. The Balaban J connectivity index is 2.13. The number of anilines is 1. The first-order valence-corrected chi connectivity index (χ1v) is 6.68. The van der Waals surface area contributed by atoms with Gasteiger partial charge in [-0.25, -0.2) is 4.98 Å². The average molecular weight is 324 g/mol. The number of hydrogen-bond acceptors (Lipinski definition) is 4. The molecule has 2 aromatic rings. The number of nitrogens with one attached hydrogen (secondary N) is 1. The van der Waals surface area contributed by atoms with Gasteiger partial charge in [-0.3, -0.25) is 4.79 Å². The Morgan fingerprint density at radius 3 is 2.74 bits per heavy atom. The van der Waals surface area contributed by atoms with Gasteiger partial charge in [-0.05, 0) is 35.0 Å². The second kappa shape index (κ2) is 5.52. The molecule has 0 unspecified atom stereocenters. The van der Waals surface area contributed by atoms with E-state index in [0.717, 1.165) is 10.2 Å². The lowest BCUT2D eigenvalue weighted by molar-refractivity contribution is 0.101. The van der Waals surface area contributed by atoms with E-state index in [4.69, 9.17) is 4.52 Å². The molecule has 1 N–H and O–H groups in total. The Kier molecular flexibility index (Phi) is 3.99. The highest BCUT2D eigenvalue weighted by Gasteiger charge is 2.15. The summed E-state index contributed by atoms with van der Waals surface area (Å²) in [4.78, 5) is 16.2. The van der Waals surface area contributed by atoms with Crippen molar-refractivity contribution in [2.75, 3.05) is 5.32 Å².